The van der Waals surface area contributed by atoms with Gasteiger partial charge in [0.05, 0.1) is 11.6 Å². The van der Waals surface area contributed by atoms with Crippen LogP contribution in [-0.4, -0.2) is 88.1 Å². The first-order valence-electron chi connectivity index (χ1n) is 15.3. The van der Waals surface area contributed by atoms with Gasteiger partial charge in [0.25, 0.3) is 0 Å². The van der Waals surface area contributed by atoms with E-state index in [-0.39, 0.29) is 65.1 Å². The van der Waals surface area contributed by atoms with Gasteiger partial charge >= 0.3 is 6.01 Å². The van der Waals surface area contributed by atoms with Gasteiger partial charge < -0.3 is 24.8 Å². The van der Waals surface area contributed by atoms with Crippen LogP contribution < -0.4 is 19.7 Å². The van der Waals surface area contributed by atoms with Crippen LogP contribution in [0.5, 0.6) is 17.6 Å². The summed E-state index contributed by atoms with van der Waals surface area (Å²) in [6.45, 7) is 5.03. The summed E-state index contributed by atoms with van der Waals surface area (Å²) in [4.78, 5) is 18.2. The third-order valence-corrected chi connectivity index (χ3v) is 9.84. The standard InChI is InChI=1S/C32H33F3N6O3/c1-2-22-23-15-43-30-25-28(26(35)27(37-30)20-12-19(42)11-17-5-3-6-21(34)24(17)20)38-31(39-29(25)41(23)10-8-36-22)44-16-32-7-4-9-40(32)14-18(33)13-32/h3,5-6,11-12,18,22-23,36,42H,2,4,7-10,13-16H2,1H3/t18-,22+,23-,32+/m1/s1. The fourth-order valence-electron chi connectivity index (χ4n) is 7.80. The molecule has 3 saturated heterocycles. The predicted molar refractivity (Wildman–Crippen MR) is 159 cm³/mol. The van der Waals surface area contributed by atoms with Gasteiger partial charge in [0, 0.05) is 43.0 Å². The van der Waals surface area contributed by atoms with Crippen molar-refractivity contribution in [2.24, 2.45) is 0 Å². The van der Waals surface area contributed by atoms with Gasteiger partial charge in [-0.25, -0.2) is 18.2 Å². The Bertz CT molecular complexity index is 1790. The highest BCUT2D eigenvalue weighted by atomic mass is 19.1. The van der Waals surface area contributed by atoms with Crippen molar-refractivity contribution in [3.8, 4) is 28.9 Å². The molecule has 4 aromatic rings. The molecular weight excluding hydrogens is 573 g/mol. The van der Waals surface area contributed by atoms with Crippen LogP contribution in [0.3, 0.4) is 0 Å². The Labute approximate surface area is 252 Å². The molecule has 2 aromatic carbocycles. The van der Waals surface area contributed by atoms with Crippen LogP contribution in [0.4, 0.5) is 19.0 Å². The van der Waals surface area contributed by atoms with E-state index < -0.39 is 23.3 Å². The van der Waals surface area contributed by atoms with Crippen molar-refractivity contribution in [2.75, 3.05) is 44.3 Å². The Morgan fingerprint density at radius 1 is 1.16 bits per heavy atom. The first-order chi connectivity index (χ1) is 21.3. The van der Waals surface area contributed by atoms with Crippen molar-refractivity contribution in [3.63, 3.8) is 0 Å². The predicted octanol–water partition coefficient (Wildman–Crippen LogP) is 4.73. The summed E-state index contributed by atoms with van der Waals surface area (Å²) >= 11 is 0. The number of hydrogen-bond donors (Lipinski definition) is 2. The Morgan fingerprint density at radius 3 is 2.91 bits per heavy atom. The second kappa shape index (κ2) is 10.3. The molecule has 6 heterocycles. The number of phenols is 1. The number of fused-ring (bicyclic) bond motifs is 4. The number of benzene rings is 2. The molecule has 8 rings (SSSR count). The number of halogens is 3. The van der Waals surface area contributed by atoms with Crippen molar-refractivity contribution in [1.82, 2.24) is 25.2 Å². The first kappa shape index (κ1) is 27.6. The molecule has 230 valence electrons. The largest absolute Gasteiger partial charge is 0.508 e. The SMILES string of the molecule is CC[C@@H]1NCCN2c3nc(OC[C@@]45CCCN4C[C@H](F)C5)nc4c(F)c(-c5cc(O)cc6cccc(F)c56)nc(c34)OC[C@H]12. The summed E-state index contributed by atoms with van der Waals surface area (Å²) in [5.41, 5.74) is -0.628. The van der Waals surface area contributed by atoms with E-state index in [0.717, 1.165) is 25.8 Å². The summed E-state index contributed by atoms with van der Waals surface area (Å²) in [7, 11) is 0. The minimum atomic E-state index is -0.919. The topological polar surface area (TPSA) is 95.9 Å². The molecule has 2 N–H and O–H groups in total. The maximum absolute atomic E-state index is 16.8. The highest BCUT2D eigenvalue weighted by Gasteiger charge is 2.49. The molecule has 2 aromatic heterocycles. The van der Waals surface area contributed by atoms with Gasteiger partial charge in [-0.1, -0.05) is 19.1 Å². The van der Waals surface area contributed by atoms with E-state index in [4.69, 9.17) is 14.5 Å². The van der Waals surface area contributed by atoms with Gasteiger partial charge in [0.1, 0.15) is 53.4 Å². The smallest absolute Gasteiger partial charge is 0.319 e. The number of piperazine rings is 1. The Hall–Kier alpha value is -3.90. The van der Waals surface area contributed by atoms with E-state index in [0.29, 0.717) is 42.6 Å². The summed E-state index contributed by atoms with van der Waals surface area (Å²) in [6.07, 6.45) is 2.06. The first-order valence-corrected chi connectivity index (χ1v) is 15.3. The zero-order valence-corrected chi connectivity index (χ0v) is 24.3. The quantitative estimate of drug-likeness (QED) is 0.334. The molecule has 12 heteroatoms. The van der Waals surface area contributed by atoms with Crippen LogP contribution in [0.25, 0.3) is 32.9 Å². The normalized spacial score (nSPS) is 26.5. The summed E-state index contributed by atoms with van der Waals surface area (Å²) in [5.74, 6) is -0.942. The number of ether oxygens (including phenoxy) is 2. The average molecular weight is 607 g/mol. The molecule has 3 fully saturated rings. The van der Waals surface area contributed by atoms with Crippen molar-refractivity contribution in [1.29, 1.82) is 0 Å². The molecule has 0 amide bonds. The molecule has 0 unspecified atom stereocenters. The maximum Gasteiger partial charge on any atom is 0.319 e. The molecule has 0 bridgehead atoms. The molecule has 4 aliphatic rings. The second-order valence-electron chi connectivity index (χ2n) is 12.4. The number of nitrogens with zero attached hydrogens (tertiary/aromatic N) is 5. The van der Waals surface area contributed by atoms with Gasteiger partial charge in [-0.3, -0.25) is 4.90 Å². The van der Waals surface area contributed by atoms with E-state index in [1.54, 1.807) is 6.07 Å². The average Bonchev–Trinajstić information content (AvgIpc) is 3.49. The minimum absolute atomic E-state index is 0.0165. The zero-order chi connectivity index (χ0) is 30.2. The number of aromatic hydroxyl groups is 1. The molecule has 0 saturated carbocycles. The lowest BCUT2D eigenvalue weighted by Crippen LogP contribution is -2.60. The minimum Gasteiger partial charge on any atom is -0.508 e. The van der Waals surface area contributed by atoms with Crippen LogP contribution in [0.2, 0.25) is 0 Å². The number of hydrogen-bond acceptors (Lipinski definition) is 9. The van der Waals surface area contributed by atoms with E-state index in [1.165, 1.54) is 24.3 Å². The van der Waals surface area contributed by atoms with Crippen LogP contribution in [0.1, 0.15) is 32.6 Å². The second-order valence-corrected chi connectivity index (χ2v) is 12.4. The number of aromatic nitrogens is 3. The number of nitrogens with one attached hydrogen (secondary N) is 1. The molecular formula is C32H33F3N6O3. The van der Waals surface area contributed by atoms with Gasteiger partial charge in [-0.2, -0.15) is 9.97 Å². The highest BCUT2D eigenvalue weighted by Crippen LogP contribution is 2.44. The molecule has 0 spiro atoms. The van der Waals surface area contributed by atoms with Crippen LogP contribution in [0.15, 0.2) is 30.3 Å². The van der Waals surface area contributed by atoms with Gasteiger partial charge in [0.15, 0.2) is 5.82 Å². The summed E-state index contributed by atoms with van der Waals surface area (Å²) in [5, 5.41) is 14.9. The van der Waals surface area contributed by atoms with E-state index >= 15 is 8.78 Å². The zero-order valence-electron chi connectivity index (χ0n) is 24.3. The molecule has 44 heavy (non-hydrogen) atoms. The van der Waals surface area contributed by atoms with Crippen molar-refractivity contribution < 1.29 is 27.8 Å². The fourth-order valence-corrected chi connectivity index (χ4v) is 7.80. The van der Waals surface area contributed by atoms with E-state index in [2.05, 4.69) is 32.0 Å². The van der Waals surface area contributed by atoms with Crippen LogP contribution in [0, 0.1) is 11.6 Å². The molecule has 0 aliphatic carbocycles. The summed E-state index contributed by atoms with van der Waals surface area (Å²) < 4.78 is 59.0. The molecule has 4 aliphatic heterocycles. The third-order valence-electron chi connectivity index (χ3n) is 9.84. The summed E-state index contributed by atoms with van der Waals surface area (Å²) in [6, 6.07) is 7.13. The van der Waals surface area contributed by atoms with Crippen molar-refractivity contribution >= 4 is 27.5 Å². The number of anilines is 1. The lowest BCUT2D eigenvalue weighted by molar-refractivity contribution is 0.107. The lowest BCUT2D eigenvalue weighted by Gasteiger charge is -2.41. The Balaban J connectivity index is 1.32. The number of pyridine rings is 1. The Kier molecular flexibility index (Phi) is 6.49. The van der Waals surface area contributed by atoms with Gasteiger partial charge in [0.2, 0.25) is 5.88 Å². The molecule has 9 nitrogen and oxygen atoms in total. The molecule has 4 atom stereocenters. The number of rotatable bonds is 5. The van der Waals surface area contributed by atoms with Crippen LogP contribution >= 0.6 is 0 Å². The fraction of sp³-hybridized carbons (Fsp3) is 0.469. The van der Waals surface area contributed by atoms with E-state index in [9.17, 15) is 9.50 Å². The van der Waals surface area contributed by atoms with Crippen LogP contribution in [-0.2, 0) is 0 Å². The Morgan fingerprint density at radius 2 is 2.05 bits per heavy atom. The molecule has 0 radical (unpaired) electrons. The van der Waals surface area contributed by atoms with Gasteiger partial charge in [-0.15, -0.1) is 0 Å². The highest BCUT2D eigenvalue weighted by molar-refractivity contribution is 6.02. The van der Waals surface area contributed by atoms with Crippen molar-refractivity contribution in [3.05, 3.63) is 42.0 Å². The third kappa shape index (κ3) is 4.25. The monoisotopic (exact) mass is 606 g/mol. The van der Waals surface area contributed by atoms with Crippen molar-refractivity contribution in [2.45, 2.75) is 56.4 Å². The maximum atomic E-state index is 16.8. The lowest BCUT2D eigenvalue weighted by atomic mass is 9.95. The number of phenolic OH excluding ortho intramolecular Hbond substituents is 1. The number of alkyl halides is 1. The van der Waals surface area contributed by atoms with Gasteiger partial charge in [-0.05, 0) is 49.4 Å². The van der Waals surface area contributed by atoms with E-state index in [1.807, 2.05) is 0 Å².